The second-order valence-electron chi connectivity index (χ2n) is 5.91. The molecule has 5 unspecified atom stereocenters. The first-order chi connectivity index (χ1) is 9.34. The minimum atomic E-state index is -0.789. The molecule has 1 N–H and O–H groups in total. The average molecular weight is 284 g/mol. The first-order valence-electron chi connectivity index (χ1n) is 7.22. The van der Waals surface area contributed by atoms with Crippen LogP contribution in [-0.4, -0.2) is 35.9 Å². The lowest BCUT2D eigenvalue weighted by Gasteiger charge is -2.29. The molecular formula is C15H24O5. The molecule has 0 amide bonds. The lowest BCUT2D eigenvalue weighted by Crippen LogP contribution is -2.36. The summed E-state index contributed by atoms with van der Waals surface area (Å²) in [6.45, 7) is 7.65. The number of hydrogen-bond acceptors (Lipinski definition) is 5. The van der Waals surface area contributed by atoms with Crippen LogP contribution in [0.5, 0.6) is 0 Å². The van der Waals surface area contributed by atoms with Crippen LogP contribution in [0.4, 0.5) is 0 Å². The summed E-state index contributed by atoms with van der Waals surface area (Å²) in [7, 11) is 0. The number of carbonyl (C=O) groups excluding carboxylic acids is 1. The van der Waals surface area contributed by atoms with Gasteiger partial charge in [-0.3, -0.25) is 4.79 Å². The first kappa shape index (κ1) is 15.5. The quantitative estimate of drug-likeness (QED) is 0.458. The SMILES string of the molecule is CCOC(C)(C)OC(C)OC(=O)C1CC2C=CC1C2O. The topological polar surface area (TPSA) is 65.0 Å². The predicted molar refractivity (Wildman–Crippen MR) is 72.6 cm³/mol. The number of carbonyl (C=O) groups is 1. The molecule has 0 spiro atoms. The van der Waals surface area contributed by atoms with Crippen molar-refractivity contribution in [3.05, 3.63) is 12.2 Å². The Bertz CT molecular complexity index is 390. The molecule has 5 heteroatoms. The van der Waals surface area contributed by atoms with Crippen LogP contribution in [0, 0.1) is 17.8 Å². The summed E-state index contributed by atoms with van der Waals surface area (Å²) in [5.74, 6) is -1.38. The van der Waals surface area contributed by atoms with Crippen molar-refractivity contribution in [2.75, 3.05) is 6.61 Å². The van der Waals surface area contributed by atoms with E-state index in [9.17, 15) is 9.90 Å². The Balaban J connectivity index is 1.85. The normalized spacial score (nSPS) is 33.5. The number of esters is 1. The molecule has 1 fully saturated rings. The largest absolute Gasteiger partial charge is 0.436 e. The maximum absolute atomic E-state index is 12.1. The van der Waals surface area contributed by atoms with Crippen LogP contribution in [-0.2, 0) is 19.0 Å². The summed E-state index contributed by atoms with van der Waals surface area (Å²) in [4.78, 5) is 12.1. The summed E-state index contributed by atoms with van der Waals surface area (Å²) in [5, 5.41) is 9.92. The zero-order chi connectivity index (χ0) is 14.9. The standard InChI is InChI=1S/C15H24O5/c1-5-18-15(3,4)20-9(2)19-14(17)12-8-10-6-7-11(12)13(10)16/h6-7,9-13,16H,5,8H2,1-4H3. The highest BCUT2D eigenvalue weighted by molar-refractivity contribution is 5.74. The number of aliphatic hydroxyl groups is 1. The molecule has 0 radical (unpaired) electrons. The number of ether oxygens (including phenoxy) is 3. The van der Waals surface area contributed by atoms with Crippen molar-refractivity contribution in [3.63, 3.8) is 0 Å². The lowest BCUT2D eigenvalue weighted by atomic mass is 9.94. The molecule has 0 aromatic heterocycles. The Kier molecular flexibility index (Phi) is 4.52. The van der Waals surface area contributed by atoms with Crippen molar-refractivity contribution in [2.24, 2.45) is 17.8 Å². The summed E-state index contributed by atoms with van der Waals surface area (Å²) < 4.78 is 16.3. The highest BCUT2D eigenvalue weighted by Crippen LogP contribution is 2.44. The van der Waals surface area contributed by atoms with E-state index in [0.717, 1.165) is 0 Å². The van der Waals surface area contributed by atoms with Gasteiger partial charge in [0.1, 0.15) is 0 Å². The minimum absolute atomic E-state index is 0.0913. The number of hydrogen-bond donors (Lipinski definition) is 1. The highest BCUT2D eigenvalue weighted by Gasteiger charge is 2.48. The molecule has 0 aliphatic heterocycles. The Morgan fingerprint density at radius 2 is 2.15 bits per heavy atom. The van der Waals surface area contributed by atoms with Crippen LogP contribution in [0.3, 0.4) is 0 Å². The van der Waals surface area contributed by atoms with Gasteiger partial charge in [0.05, 0.1) is 12.0 Å². The molecule has 0 heterocycles. The maximum Gasteiger partial charge on any atom is 0.311 e. The van der Waals surface area contributed by atoms with Crippen molar-refractivity contribution >= 4 is 5.97 Å². The van der Waals surface area contributed by atoms with Gasteiger partial charge in [0, 0.05) is 18.4 Å². The van der Waals surface area contributed by atoms with Gasteiger partial charge in [-0.05, 0) is 34.1 Å². The van der Waals surface area contributed by atoms with Crippen molar-refractivity contribution in [1.29, 1.82) is 0 Å². The summed E-state index contributed by atoms with van der Waals surface area (Å²) in [6.07, 6.45) is 3.44. The molecule has 20 heavy (non-hydrogen) atoms. The molecule has 2 bridgehead atoms. The summed E-state index contributed by atoms with van der Waals surface area (Å²) in [5.41, 5.74) is 0. The van der Waals surface area contributed by atoms with Crippen LogP contribution in [0.1, 0.15) is 34.1 Å². The third-order valence-corrected chi connectivity index (χ3v) is 3.93. The van der Waals surface area contributed by atoms with Gasteiger partial charge in [-0.1, -0.05) is 12.2 Å². The van der Waals surface area contributed by atoms with Gasteiger partial charge >= 0.3 is 5.97 Å². The van der Waals surface area contributed by atoms with Gasteiger partial charge in [-0.25, -0.2) is 0 Å². The molecule has 0 aromatic rings. The van der Waals surface area contributed by atoms with Gasteiger partial charge in [-0.2, -0.15) is 0 Å². The van der Waals surface area contributed by atoms with Gasteiger partial charge < -0.3 is 19.3 Å². The van der Waals surface area contributed by atoms with E-state index < -0.39 is 18.2 Å². The van der Waals surface area contributed by atoms with E-state index in [2.05, 4.69) is 0 Å². The van der Waals surface area contributed by atoms with E-state index in [4.69, 9.17) is 14.2 Å². The lowest BCUT2D eigenvalue weighted by molar-refractivity contribution is -0.281. The molecule has 5 nitrogen and oxygen atoms in total. The average Bonchev–Trinajstić information content (AvgIpc) is 2.83. The van der Waals surface area contributed by atoms with E-state index in [0.29, 0.717) is 13.0 Å². The third-order valence-electron chi connectivity index (χ3n) is 3.93. The van der Waals surface area contributed by atoms with Gasteiger partial charge in [0.2, 0.25) is 6.29 Å². The minimum Gasteiger partial charge on any atom is -0.436 e. The van der Waals surface area contributed by atoms with E-state index in [1.807, 2.05) is 19.1 Å². The zero-order valence-corrected chi connectivity index (χ0v) is 12.5. The van der Waals surface area contributed by atoms with Crippen molar-refractivity contribution in [3.8, 4) is 0 Å². The molecule has 2 aliphatic carbocycles. The van der Waals surface area contributed by atoms with Crippen molar-refractivity contribution in [2.45, 2.75) is 52.3 Å². The van der Waals surface area contributed by atoms with Crippen molar-refractivity contribution in [1.82, 2.24) is 0 Å². The van der Waals surface area contributed by atoms with Gasteiger partial charge in [-0.15, -0.1) is 0 Å². The second kappa shape index (κ2) is 5.84. The van der Waals surface area contributed by atoms with Crippen LogP contribution >= 0.6 is 0 Å². The van der Waals surface area contributed by atoms with Crippen LogP contribution in [0.15, 0.2) is 12.2 Å². The molecule has 1 saturated carbocycles. The maximum atomic E-state index is 12.1. The Morgan fingerprint density at radius 3 is 2.65 bits per heavy atom. The monoisotopic (exact) mass is 284 g/mol. The Hall–Kier alpha value is -0.910. The number of fused-ring (bicyclic) bond motifs is 2. The first-order valence-corrected chi connectivity index (χ1v) is 7.22. The Morgan fingerprint density at radius 1 is 1.45 bits per heavy atom. The molecule has 2 aliphatic rings. The molecule has 0 saturated heterocycles. The fourth-order valence-corrected chi connectivity index (χ4v) is 3.13. The molecule has 114 valence electrons. The third kappa shape index (κ3) is 3.22. The zero-order valence-electron chi connectivity index (χ0n) is 12.5. The van der Waals surface area contributed by atoms with E-state index in [1.54, 1.807) is 20.8 Å². The molecular weight excluding hydrogens is 260 g/mol. The summed E-state index contributed by atoms with van der Waals surface area (Å²) >= 11 is 0. The van der Waals surface area contributed by atoms with Crippen LogP contribution < -0.4 is 0 Å². The second-order valence-corrected chi connectivity index (χ2v) is 5.91. The van der Waals surface area contributed by atoms with Gasteiger partial charge in [0.25, 0.3) is 0 Å². The molecule has 5 atom stereocenters. The predicted octanol–water partition coefficient (Wildman–Crippen LogP) is 1.85. The van der Waals surface area contributed by atoms with E-state index >= 15 is 0 Å². The highest BCUT2D eigenvalue weighted by atomic mass is 16.8. The smallest absolute Gasteiger partial charge is 0.311 e. The summed E-state index contributed by atoms with van der Waals surface area (Å²) in [6, 6.07) is 0. The van der Waals surface area contributed by atoms with Crippen LogP contribution in [0.25, 0.3) is 0 Å². The van der Waals surface area contributed by atoms with Crippen LogP contribution in [0.2, 0.25) is 0 Å². The number of aliphatic hydroxyl groups excluding tert-OH is 1. The van der Waals surface area contributed by atoms with Crippen molar-refractivity contribution < 1.29 is 24.1 Å². The van der Waals surface area contributed by atoms with E-state index in [-0.39, 0.29) is 23.7 Å². The van der Waals surface area contributed by atoms with Gasteiger partial charge in [0.15, 0.2) is 5.79 Å². The number of rotatable bonds is 6. The Labute approximate surface area is 119 Å². The molecule has 0 aromatic carbocycles. The van der Waals surface area contributed by atoms with E-state index in [1.165, 1.54) is 0 Å². The molecule has 2 rings (SSSR count). The fraction of sp³-hybridized carbons (Fsp3) is 0.800. The fourth-order valence-electron chi connectivity index (χ4n) is 3.13.